The number of aromatic nitrogens is 4. The minimum atomic E-state index is -0.607. The van der Waals surface area contributed by atoms with Gasteiger partial charge in [0.15, 0.2) is 5.65 Å². The van der Waals surface area contributed by atoms with Gasteiger partial charge in [-0.1, -0.05) is 5.16 Å². The summed E-state index contributed by atoms with van der Waals surface area (Å²) in [6.45, 7) is 14.0. The molecule has 0 spiro atoms. The zero-order chi connectivity index (χ0) is 18.1. The molecule has 0 aliphatic carbocycles. The third-order valence-electron chi connectivity index (χ3n) is 3.42. The average molecular weight is 332 g/mol. The van der Waals surface area contributed by atoms with E-state index in [0.717, 1.165) is 5.69 Å². The zero-order valence-corrected chi connectivity index (χ0v) is 15.3. The average Bonchev–Trinajstić information content (AvgIpc) is 2.70. The van der Waals surface area contributed by atoms with E-state index in [2.05, 4.69) is 46.3 Å². The van der Waals surface area contributed by atoms with Gasteiger partial charge in [-0.05, 0) is 48.5 Å². The van der Waals surface area contributed by atoms with E-state index in [1.165, 1.54) is 0 Å². The molecular formula is C16H24N6O2. The maximum Gasteiger partial charge on any atom is 0.433 e. The topological polar surface area (TPSA) is 94.3 Å². The highest BCUT2D eigenvalue weighted by Crippen LogP contribution is 2.21. The van der Waals surface area contributed by atoms with Crippen molar-refractivity contribution in [2.24, 2.45) is 5.16 Å². The van der Waals surface area contributed by atoms with Crippen molar-refractivity contribution in [2.45, 2.75) is 54.0 Å². The van der Waals surface area contributed by atoms with E-state index in [4.69, 9.17) is 4.84 Å². The second-order valence-corrected chi connectivity index (χ2v) is 6.58. The fourth-order valence-corrected chi connectivity index (χ4v) is 2.30. The van der Waals surface area contributed by atoms with Gasteiger partial charge in [0.25, 0.3) is 0 Å². The Labute approximate surface area is 140 Å². The Balaban J connectivity index is 2.70. The number of nitrogens with zero attached hydrogens (tertiary/aromatic N) is 5. The van der Waals surface area contributed by atoms with Crippen molar-refractivity contribution in [3.05, 3.63) is 22.4 Å². The molecule has 0 atom stereocenters. The van der Waals surface area contributed by atoms with E-state index in [1.807, 2.05) is 25.5 Å². The molecule has 130 valence electrons. The molecule has 8 heteroatoms. The summed E-state index contributed by atoms with van der Waals surface area (Å²) < 4.78 is 1.85. The van der Waals surface area contributed by atoms with Gasteiger partial charge in [-0.2, -0.15) is 5.10 Å². The Morgan fingerprint density at radius 1 is 1.17 bits per heavy atom. The standard InChI is InChI=1S/C16H24N6O2/c1-8-17-15(23)24-21-12-9(2)18-13-11(4)20-22(16(5,6)7)14(13)19-10(12)3/h8H2,1-7H3,(H,17,23)/b21-12-. The van der Waals surface area contributed by atoms with Gasteiger partial charge in [0, 0.05) is 6.54 Å². The normalized spacial score (nSPS) is 12.5. The number of rotatable bonds is 2. The number of hydrogen-bond donors (Lipinski definition) is 1. The highest BCUT2D eigenvalue weighted by molar-refractivity contribution is 5.73. The molecule has 0 saturated heterocycles. The van der Waals surface area contributed by atoms with E-state index >= 15 is 0 Å². The quantitative estimate of drug-likeness (QED) is 0.671. The Morgan fingerprint density at radius 3 is 2.38 bits per heavy atom. The number of nitrogens with one attached hydrogen (secondary N) is 1. The molecule has 2 rings (SSSR count). The minimum absolute atomic E-state index is 0.231. The predicted octanol–water partition coefficient (Wildman–Crippen LogP) is 2.07. The van der Waals surface area contributed by atoms with Gasteiger partial charge in [0.1, 0.15) is 10.9 Å². The molecule has 2 aromatic rings. The van der Waals surface area contributed by atoms with Gasteiger partial charge in [0.05, 0.1) is 22.6 Å². The molecule has 8 nitrogen and oxygen atoms in total. The van der Waals surface area contributed by atoms with Crippen LogP contribution in [0.1, 0.15) is 44.8 Å². The van der Waals surface area contributed by atoms with Gasteiger partial charge in [0.2, 0.25) is 0 Å². The SMILES string of the molecule is CCNC(=O)O/N=c1/c(C)nc2c(C)nn(C(C)(C)C)c2nc1C. The number of hydrogen-bond acceptors (Lipinski definition) is 6. The molecule has 2 aromatic heterocycles. The zero-order valence-electron chi connectivity index (χ0n) is 15.3. The number of amides is 1. The van der Waals surface area contributed by atoms with Crippen LogP contribution in [0.2, 0.25) is 0 Å². The molecule has 1 N–H and O–H groups in total. The third-order valence-corrected chi connectivity index (χ3v) is 3.42. The fourth-order valence-electron chi connectivity index (χ4n) is 2.30. The highest BCUT2D eigenvalue weighted by atomic mass is 16.7. The van der Waals surface area contributed by atoms with Gasteiger partial charge < -0.3 is 5.32 Å². The van der Waals surface area contributed by atoms with E-state index in [1.54, 1.807) is 6.92 Å². The predicted molar refractivity (Wildman–Crippen MR) is 90.3 cm³/mol. The molecule has 0 saturated carbocycles. The summed E-state index contributed by atoms with van der Waals surface area (Å²) in [4.78, 5) is 25.6. The van der Waals surface area contributed by atoms with Crippen molar-refractivity contribution < 1.29 is 9.63 Å². The maximum atomic E-state index is 11.5. The van der Waals surface area contributed by atoms with Crippen LogP contribution < -0.4 is 10.7 Å². The van der Waals surface area contributed by atoms with Gasteiger partial charge in [-0.3, -0.25) is 4.84 Å². The number of carbonyl (C=O) groups is 1. The van der Waals surface area contributed by atoms with Crippen LogP contribution in [0.25, 0.3) is 11.2 Å². The Hall–Kier alpha value is -2.51. The molecule has 1 amide bonds. The lowest BCUT2D eigenvalue weighted by atomic mass is 10.1. The third kappa shape index (κ3) is 3.52. The van der Waals surface area contributed by atoms with Crippen molar-refractivity contribution in [2.75, 3.05) is 6.54 Å². The molecule has 24 heavy (non-hydrogen) atoms. The van der Waals surface area contributed by atoms with E-state index in [0.29, 0.717) is 34.5 Å². The van der Waals surface area contributed by atoms with Crippen LogP contribution in [0.15, 0.2) is 5.16 Å². The first-order chi connectivity index (χ1) is 11.1. The molecule has 0 aliphatic rings. The molecule has 2 heterocycles. The first kappa shape index (κ1) is 17.8. The van der Waals surface area contributed by atoms with Crippen LogP contribution in [0.4, 0.5) is 4.79 Å². The first-order valence-corrected chi connectivity index (χ1v) is 7.89. The second kappa shape index (κ2) is 6.54. The maximum absolute atomic E-state index is 11.5. The molecule has 0 bridgehead atoms. The Morgan fingerprint density at radius 2 is 1.79 bits per heavy atom. The number of carbonyl (C=O) groups excluding carboxylic acids is 1. The summed E-state index contributed by atoms with van der Waals surface area (Å²) >= 11 is 0. The fraction of sp³-hybridized carbons (Fsp3) is 0.562. The lowest BCUT2D eigenvalue weighted by molar-refractivity contribution is 0.146. The van der Waals surface area contributed by atoms with Gasteiger partial charge in [-0.15, -0.1) is 0 Å². The van der Waals surface area contributed by atoms with Gasteiger partial charge >= 0.3 is 6.09 Å². The summed E-state index contributed by atoms with van der Waals surface area (Å²) in [6.07, 6.45) is -0.607. The summed E-state index contributed by atoms with van der Waals surface area (Å²) in [5.41, 5.74) is 3.19. The van der Waals surface area contributed by atoms with Crippen molar-refractivity contribution in [3.63, 3.8) is 0 Å². The van der Waals surface area contributed by atoms with Crippen molar-refractivity contribution in [1.82, 2.24) is 25.1 Å². The van der Waals surface area contributed by atoms with Crippen LogP contribution >= 0.6 is 0 Å². The largest absolute Gasteiger partial charge is 0.433 e. The molecular weight excluding hydrogens is 308 g/mol. The summed E-state index contributed by atoms with van der Waals surface area (Å²) in [5, 5.41) is 11.4. The van der Waals surface area contributed by atoms with Crippen LogP contribution in [-0.4, -0.2) is 32.4 Å². The van der Waals surface area contributed by atoms with Gasteiger partial charge in [-0.25, -0.2) is 19.4 Å². The van der Waals surface area contributed by atoms with Crippen LogP contribution in [-0.2, 0) is 10.4 Å². The summed E-state index contributed by atoms with van der Waals surface area (Å²) in [6, 6.07) is 0. The molecule has 0 radical (unpaired) electrons. The summed E-state index contributed by atoms with van der Waals surface area (Å²) in [7, 11) is 0. The van der Waals surface area contributed by atoms with Crippen molar-refractivity contribution in [1.29, 1.82) is 0 Å². The number of aryl methyl sites for hydroxylation is 3. The number of fused-ring (bicyclic) bond motifs is 1. The van der Waals surface area contributed by atoms with E-state index in [-0.39, 0.29) is 5.54 Å². The lowest BCUT2D eigenvalue weighted by Gasteiger charge is -2.19. The smallest absolute Gasteiger partial charge is 0.320 e. The van der Waals surface area contributed by atoms with Crippen molar-refractivity contribution in [3.8, 4) is 0 Å². The molecule has 0 unspecified atom stereocenters. The van der Waals surface area contributed by atoms with Crippen LogP contribution in [0, 0.1) is 20.8 Å². The second-order valence-electron chi connectivity index (χ2n) is 6.58. The molecule has 0 fully saturated rings. The minimum Gasteiger partial charge on any atom is -0.320 e. The summed E-state index contributed by atoms with van der Waals surface area (Å²) in [5.74, 6) is 0. The van der Waals surface area contributed by atoms with Crippen LogP contribution in [0.5, 0.6) is 0 Å². The monoisotopic (exact) mass is 332 g/mol. The van der Waals surface area contributed by atoms with Crippen molar-refractivity contribution >= 4 is 17.3 Å². The van der Waals surface area contributed by atoms with E-state index in [9.17, 15) is 4.79 Å². The van der Waals surface area contributed by atoms with Crippen LogP contribution in [0.3, 0.4) is 0 Å². The molecule has 0 aromatic carbocycles. The first-order valence-electron chi connectivity index (χ1n) is 7.89. The van der Waals surface area contributed by atoms with E-state index < -0.39 is 6.09 Å². The lowest BCUT2D eigenvalue weighted by Crippen LogP contribution is -2.24. The Bertz CT molecular complexity index is 848. The Kier molecular flexibility index (Phi) is 4.86. The molecule has 0 aliphatic heterocycles. The highest BCUT2D eigenvalue weighted by Gasteiger charge is 2.21.